The van der Waals surface area contributed by atoms with Gasteiger partial charge in [-0.25, -0.2) is 14.2 Å². The van der Waals surface area contributed by atoms with Gasteiger partial charge in [-0.05, 0) is 50.7 Å². The highest BCUT2D eigenvalue weighted by Crippen LogP contribution is 2.45. The SMILES string of the molecule is Cc1cc2nc(n1)Nc1cc3c(c(C4=CCN(C(=O)O)CCC4)c1F)OCCN3CCCCCN2. The third-order valence-corrected chi connectivity index (χ3v) is 6.68. The molecule has 4 bridgehead atoms. The molecule has 0 unspecified atom stereocenters. The van der Waals surface area contributed by atoms with E-state index in [4.69, 9.17) is 4.74 Å². The Morgan fingerprint density at radius 1 is 1.14 bits per heavy atom. The van der Waals surface area contributed by atoms with Crippen LogP contribution in [-0.4, -0.2) is 65.4 Å². The van der Waals surface area contributed by atoms with Crippen molar-refractivity contribution < 1.29 is 19.0 Å². The van der Waals surface area contributed by atoms with Crippen molar-refractivity contribution in [3.05, 3.63) is 35.3 Å². The van der Waals surface area contributed by atoms with Gasteiger partial charge in [-0.3, -0.25) is 0 Å². The molecule has 5 rings (SSSR count). The minimum atomic E-state index is -0.967. The molecule has 186 valence electrons. The second-order valence-corrected chi connectivity index (χ2v) is 9.19. The average molecular weight is 483 g/mol. The number of hydrogen-bond donors (Lipinski definition) is 3. The van der Waals surface area contributed by atoms with Crippen molar-refractivity contribution in [1.29, 1.82) is 0 Å². The van der Waals surface area contributed by atoms with Crippen LogP contribution in [0.15, 0.2) is 18.2 Å². The summed E-state index contributed by atoms with van der Waals surface area (Å²) in [5.41, 5.74) is 3.07. The third-order valence-electron chi connectivity index (χ3n) is 6.68. The predicted octanol–water partition coefficient (Wildman–Crippen LogP) is 4.62. The van der Waals surface area contributed by atoms with Crippen molar-refractivity contribution in [2.45, 2.75) is 39.0 Å². The number of aromatic nitrogens is 2. The van der Waals surface area contributed by atoms with Crippen LogP contribution >= 0.6 is 0 Å². The lowest BCUT2D eigenvalue weighted by molar-refractivity contribution is 0.150. The number of benzene rings is 1. The van der Waals surface area contributed by atoms with Crippen molar-refractivity contribution in [2.24, 2.45) is 0 Å². The Bertz CT molecular complexity index is 1150. The van der Waals surface area contributed by atoms with Gasteiger partial charge >= 0.3 is 6.09 Å². The highest BCUT2D eigenvalue weighted by atomic mass is 19.1. The Labute approximate surface area is 204 Å². The molecular weight excluding hydrogens is 451 g/mol. The number of rotatable bonds is 1. The van der Waals surface area contributed by atoms with Gasteiger partial charge in [0.15, 0.2) is 11.6 Å². The normalized spacial score (nSPS) is 18.3. The van der Waals surface area contributed by atoms with Crippen LogP contribution in [0, 0.1) is 12.7 Å². The average Bonchev–Trinajstić information content (AvgIpc) is 3.08. The summed E-state index contributed by atoms with van der Waals surface area (Å²) in [7, 11) is 0. The number of ether oxygens (including phenoxy) is 1. The number of halogens is 1. The van der Waals surface area contributed by atoms with Crippen molar-refractivity contribution in [2.75, 3.05) is 54.9 Å². The van der Waals surface area contributed by atoms with E-state index < -0.39 is 11.9 Å². The number of carboxylic acid groups (broad SMARTS) is 1. The van der Waals surface area contributed by atoms with Crippen LogP contribution in [0.2, 0.25) is 0 Å². The first-order chi connectivity index (χ1) is 17.0. The molecule has 0 fully saturated rings. The van der Waals surface area contributed by atoms with E-state index in [1.807, 2.05) is 19.1 Å². The van der Waals surface area contributed by atoms with Gasteiger partial charge in [0.2, 0.25) is 5.95 Å². The molecule has 0 aliphatic carbocycles. The van der Waals surface area contributed by atoms with Crippen molar-refractivity contribution in [1.82, 2.24) is 14.9 Å². The first-order valence-electron chi connectivity index (χ1n) is 12.3. The van der Waals surface area contributed by atoms with Gasteiger partial charge in [0.1, 0.15) is 12.4 Å². The predicted molar refractivity (Wildman–Crippen MR) is 133 cm³/mol. The van der Waals surface area contributed by atoms with Crippen LogP contribution < -0.4 is 20.3 Å². The van der Waals surface area contributed by atoms with E-state index in [2.05, 4.69) is 25.5 Å². The summed E-state index contributed by atoms with van der Waals surface area (Å²) in [5, 5.41) is 15.9. The third kappa shape index (κ3) is 4.96. The summed E-state index contributed by atoms with van der Waals surface area (Å²) in [6, 6.07) is 3.67. The van der Waals surface area contributed by atoms with Crippen LogP contribution in [0.4, 0.5) is 32.3 Å². The number of hydrogen-bond acceptors (Lipinski definition) is 7. The summed E-state index contributed by atoms with van der Waals surface area (Å²) in [5.74, 6) is 1.13. The van der Waals surface area contributed by atoms with Gasteiger partial charge in [-0.15, -0.1) is 0 Å². The van der Waals surface area contributed by atoms with Crippen molar-refractivity contribution in [3.8, 4) is 5.75 Å². The standard InChI is InChI=1S/C25H31FN6O3/c1-16-14-20-27-8-3-2-4-9-31-12-13-35-23-19(31)15-18(29-24(28-16)30-20)22(26)21(23)17-6-5-10-32(11-7-17)25(33)34/h7,14-15H,2-6,8-13H2,1H3,(H,33,34)(H2,27,28,29,30). The van der Waals surface area contributed by atoms with Crippen LogP contribution in [0.25, 0.3) is 5.57 Å². The molecule has 1 aromatic carbocycles. The zero-order chi connectivity index (χ0) is 24.4. The molecule has 0 radical (unpaired) electrons. The van der Waals surface area contributed by atoms with E-state index in [-0.39, 0.29) is 12.2 Å². The number of nitrogens with zero attached hydrogens (tertiary/aromatic N) is 4. The molecule has 1 aromatic heterocycles. The Morgan fingerprint density at radius 2 is 2.03 bits per heavy atom. The molecule has 3 N–H and O–H groups in total. The van der Waals surface area contributed by atoms with Crippen LogP contribution in [-0.2, 0) is 0 Å². The lowest BCUT2D eigenvalue weighted by Gasteiger charge is -2.34. The Kier molecular flexibility index (Phi) is 6.61. The molecule has 35 heavy (non-hydrogen) atoms. The first-order valence-corrected chi connectivity index (χ1v) is 12.3. The first kappa shape index (κ1) is 23.2. The fraction of sp³-hybridized carbons (Fsp3) is 0.480. The Balaban J connectivity index is 1.63. The largest absolute Gasteiger partial charge is 0.489 e. The maximum Gasteiger partial charge on any atom is 0.407 e. The quantitative estimate of drug-likeness (QED) is 0.541. The van der Waals surface area contributed by atoms with Crippen molar-refractivity contribution >= 4 is 34.8 Å². The second-order valence-electron chi connectivity index (χ2n) is 9.19. The summed E-state index contributed by atoms with van der Waals surface area (Å²) in [4.78, 5) is 24.1. The molecular formula is C25H31FN6O3. The number of carbonyl (C=O) groups is 1. The maximum atomic E-state index is 16.2. The number of anilines is 4. The maximum absolute atomic E-state index is 16.2. The van der Waals surface area contributed by atoms with E-state index in [0.29, 0.717) is 49.1 Å². The topological polar surface area (TPSA) is 103 Å². The molecule has 0 saturated carbocycles. The summed E-state index contributed by atoms with van der Waals surface area (Å²) >= 11 is 0. The minimum Gasteiger partial charge on any atom is -0.489 e. The second kappa shape index (κ2) is 9.97. The zero-order valence-corrected chi connectivity index (χ0v) is 19.9. The molecule has 9 nitrogen and oxygen atoms in total. The molecule has 0 saturated heterocycles. The molecule has 0 spiro atoms. The van der Waals surface area contributed by atoms with Gasteiger partial charge < -0.3 is 30.3 Å². The monoisotopic (exact) mass is 482 g/mol. The molecule has 10 heteroatoms. The van der Waals surface area contributed by atoms with Gasteiger partial charge in [0, 0.05) is 37.9 Å². The van der Waals surface area contributed by atoms with E-state index >= 15 is 4.39 Å². The number of aryl methyl sites for hydroxylation is 1. The zero-order valence-electron chi connectivity index (χ0n) is 19.9. The van der Waals surface area contributed by atoms with Gasteiger partial charge in [-0.2, -0.15) is 4.98 Å². The van der Waals surface area contributed by atoms with Crippen LogP contribution in [0.5, 0.6) is 5.75 Å². The van der Waals surface area contributed by atoms with E-state index in [1.54, 1.807) is 6.07 Å². The number of fused-ring (bicyclic) bond motifs is 3. The number of allylic oxidation sites excluding steroid dienone is 1. The summed E-state index contributed by atoms with van der Waals surface area (Å²) in [6.07, 6.45) is 5.13. The van der Waals surface area contributed by atoms with Gasteiger partial charge in [0.25, 0.3) is 0 Å². The molecule has 2 aromatic rings. The number of amides is 1. The molecule has 3 aliphatic rings. The lowest BCUT2D eigenvalue weighted by atomic mass is 9.96. The summed E-state index contributed by atoms with van der Waals surface area (Å²) in [6.45, 7) is 5.39. The lowest BCUT2D eigenvalue weighted by Crippen LogP contribution is -2.34. The van der Waals surface area contributed by atoms with Gasteiger partial charge in [0.05, 0.1) is 23.5 Å². The smallest absolute Gasteiger partial charge is 0.407 e. The highest BCUT2D eigenvalue weighted by Gasteiger charge is 2.29. The molecule has 3 aliphatic heterocycles. The van der Waals surface area contributed by atoms with Crippen LogP contribution in [0.3, 0.4) is 0 Å². The van der Waals surface area contributed by atoms with E-state index in [0.717, 1.165) is 55.9 Å². The molecule has 4 heterocycles. The van der Waals surface area contributed by atoms with Crippen molar-refractivity contribution in [3.63, 3.8) is 0 Å². The van der Waals surface area contributed by atoms with E-state index in [9.17, 15) is 9.90 Å². The number of nitrogens with one attached hydrogen (secondary N) is 2. The summed E-state index contributed by atoms with van der Waals surface area (Å²) < 4.78 is 22.3. The Hall–Kier alpha value is -3.56. The highest BCUT2D eigenvalue weighted by molar-refractivity contribution is 5.84. The molecule has 1 amide bonds. The molecule has 0 atom stereocenters. The van der Waals surface area contributed by atoms with Crippen LogP contribution in [0.1, 0.15) is 43.4 Å². The fourth-order valence-electron chi connectivity index (χ4n) is 4.93. The fourth-order valence-corrected chi connectivity index (χ4v) is 4.93. The Morgan fingerprint density at radius 3 is 2.89 bits per heavy atom. The minimum absolute atomic E-state index is 0.219. The van der Waals surface area contributed by atoms with E-state index in [1.165, 1.54) is 4.90 Å². The van der Waals surface area contributed by atoms with Gasteiger partial charge in [-0.1, -0.05) is 6.08 Å².